The molecule has 0 aliphatic heterocycles. The van der Waals surface area contributed by atoms with Crippen molar-refractivity contribution in [2.24, 2.45) is 17.8 Å². The maximum Gasteiger partial charge on any atom is 0.262 e. The lowest BCUT2D eigenvalue weighted by molar-refractivity contribution is -0.158. The van der Waals surface area contributed by atoms with Gasteiger partial charge in [-0.15, -0.1) is 0 Å². The topological polar surface area (TPSA) is 81.9 Å². The molecule has 0 amide bonds. The Labute approximate surface area is 264 Å². The second-order valence-electron chi connectivity index (χ2n) is 12.9. The van der Waals surface area contributed by atoms with Gasteiger partial charge in [0.05, 0.1) is 17.5 Å². The summed E-state index contributed by atoms with van der Waals surface area (Å²) in [6.07, 6.45) is 5.28. The summed E-state index contributed by atoms with van der Waals surface area (Å²) in [7, 11) is 3.48. The fourth-order valence-electron chi connectivity index (χ4n) is 7.83. The van der Waals surface area contributed by atoms with Crippen LogP contribution >= 0.6 is 0 Å². The smallest absolute Gasteiger partial charge is 0.262 e. The summed E-state index contributed by atoms with van der Waals surface area (Å²) in [6, 6.07) is 10.9. The first kappa shape index (κ1) is 31.1. The Morgan fingerprint density at radius 3 is 2.62 bits per heavy atom. The van der Waals surface area contributed by atoms with E-state index in [2.05, 4.69) is 30.5 Å². The normalized spacial score (nSPS) is 25.8. The number of nitrogens with zero attached hydrogens (tertiary/aromatic N) is 2. The van der Waals surface area contributed by atoms with Gasteiger partial charge in [-0.1, -0.05) is 56.0 Å². The van der Waals surface area contributed by atoms with Crippen LogP contribution in [0.5, 0.6) is 5.88 Å². The molecule has 3 aliphatic rings. The van der Waals surface area contributed by atoms with E-state index in [0.29, 0.717) is 45.6 Å². The lowest BCUT2D eigenvalue weighted by Crippen LogP contribution is -2.64. The average molecular weight is 613 g/mol. The Balaban J connectivity index is 1.47. The zero-order chi connectivity index (χ0) is 32.2. The number of halogens is 1. The maximum atomic E-state index is 15.7. The summed E-state index contributed by atoms with van der Waals surface area (Å²) >= 11 is 0. The van der Waals surface area contributed by atoms with Crippen LogP contribution in [0.4, 0.5) is 4.39 Å². The Morgan fingerprint density at radius 1 is 1.22 bits per heavy atom. The van der Waals surface area contributed by atoms with Crippen LogP contribution in [0.15, 0.2) is 53.6 Å². The molecule has 1 heterocycles. The lowest BCUT2D eigenvalue weighted by Gasteiger charge is -2.55. The minimum Gasteiger partial charge on any atom is -0.470 e. The van der Waals surface area contributed by atoms with Gasteiger partial charge < -0.3 is 14.0 Å². The van der Waals surface area contributed by atoms with Crippen LogP contribution in [0.25, 0.3) is 11.6 Å². The monoisotopic (exact) mass is 612 g/mol. The van der Waals surface area contributed by atoms with Gasteiger partial charge in [0.2, 0.25) is 0 Å². The number of carbonyl (C=O) groups excluding carboxylic acids is 2. The molecule has 5 unspecified atom stereocenters. The third-order valence-corrected chi connectivity index (χ3v) is 10.3. The van der Waals surface area contributed by atoms with Gasteiger partial charge in [0.25, 0.3) is 5.88 Å². The van der Waals surface area contributed by atoms with Crippen LogP contribution in [0.3, 0.4) is 0 Å². The highest BCUT2D eigenvalue weighted by Gasteiger charge is 2.66. The summed E-state index contributed by atoms with van der Waals surface area (Å²) < 4.78 is 34.1. The summed E-state index contributed by atoms with van der Waals surface area (Å²) in [6.45, 7) is 12.6. The van der Waals surface area contributed by atoms with E-state index in [1.807, 2.05) is 63.4 Å². The van der Waals surface area contributed by atoms with Crippen LogP contribution in [0.1, 0.15) is 83.6 Å². The number of ketones is 2. The van der Waals surface area contributed by atoms with Crippen LogP contribution < -0.4 is 4.74 Å². The molecule has 3 aliphatic carbocycles. The Hall–Kier alpha value is -3.88. The standard InChI is InChI=1S/C37H41FN2O5/c1-8-9-15-24-18-28(38)26-16-25-17-27-32(40(6)20(2)3)34-30(36(39-45-34)44-19-23-13-11-10-12-14-23)22(5)37(27,43-7)35(42)31(25)33(41)29(26)21(24)4/h9-15,18,20,25,27,31-32H,5,8,16-17,19H2,1-4,6-7H3. The summed E-state index contributed by atoms with van der Waals surface area (Å²) in [4.78, 5) is 31.5. The molecule has 3 aromatic rings. The van der Waals surface area contributed by atoms with Gasteiger partial charge >= 0.3 is 0 Å². The molecule has 45 heavy (non-hydrogen) atoms. The van der Waals surface area contributed by atoms with E-state index < -0.39 is 35.2 Å². The molecule has 5 atom stereocenters. The summed E-state index contributed by atoms with van der Waals surface area (Å²) in [5.41, 5.74) is 2.36. The molecule has 1 fully saturated rings. The Bertz CT molecular complexity index is 1690. The van der Waals surface area contributed by atoms with Crippen molar-refractivity contribution in [3.8, 4) is 5.88 Å². The fraction of sp³-hybridized carbons (Fsp3) is 0.432. The molecular formula is C37H41FN2O5. The van der Waals surface area contributed by atoms with Crippen molar-refractivity contribution in [1.29, 1.82) is 0 Å². The number of rotatable bonds is 8. The number of allylic oxidation sites excluding steroid dienone is 1. The van der Waals surface area contributed by atoms with Crippen LogP contribution in [-0.4, -0.2) is 47.4 Å². The number of carbonyl (C=O) groups is 2. The third-order valence-electron chi connectivity index (χ3n) is 10.3. The van der Waals surface area contributed by atoms with Crippen molar-refractivity contribution in [2.45, 2.75) is 71.2 Å². The SMILES string of the molecule is C=C1c2c(OCc3ccccc3)noc2C(N(C)C(C)C)C2CC3Cc4c(F)cc(C=CCC)c(C)c4C(=O)C3C(=O)C12OC. The summed E-state index contributed by atoms with van der Waals surface area (Å²) in [5, 5.41) is 4.32. The molecule has 7 nitrogen and oxygen atoms in total. The van der Waals surface area contributed by atoms with Gasteiger partial charge in [-0.05, 0) is 86.5 Å². The molecule has 8 heteroatoms. The minimum atomic E-state index is -1.53. The van der Waals surface area contributed by atoms with Crippen LogP contribution in [-0.2, 0) is 22.6 Å². The van der Waals surface area contributed by atoms with Crippen molar-refractivity contribution in [1.82, 2.24) is 10.1 Å². The third kappa shape index (κ3) is 4.72. The highest BCUT2D eigenvalue weighted by molar-refractivity contribution is 6.19. The van der Waals surface area contributed by atoms with E-state index >= 15 is 4.39 Å². The average Bonchev–Trinajstić information content (AvgIpc) is 3.45. The van der Waals surface area contributed by atoms with Crippen molar-refractivity contribution >= 4 is 23.2 Å². The molecule has 2 aromatic carbocycles. The maximum absolute atomic E-state index is 15.7. The number of benzene rings is 2. The number of ether oxygens (including phenoxy) is 2. The molecule has 6 rings (SSSR count). The Morgan fingerprint density at radius 2 is 1.96 bits per heavy atom. The highest BCUT2D eigenvalue weighted by Crippen LogP contribution is 2.60. The molecule has 0 N–H and O–H groups in total. The highest BCUT2D eigenvalue weighted by atomic mass is 19.1. The van der Waals surface area contributed by atoms with Gasteiger partial charge in [-0.3, -0.25) is 14.5 Å². The second kappa shape index (κ2) is 11.8. The van der Waals surface area contributed by atoms with Gasteiger partial charge in [0.15, 0.2) is 22.9 Å². The first-order valence-corrected chi connectivity index (χ1v) is 15.8. The van der Waals surface area contributed by atoms with E-state index in [0.717, 1.165) is 12.0 Å². The van der Waals surface area contributed by atoms with E-state index in [1.54, 1.807) is 0 Å². The molecule has 236 valence electrons. The number of hydrogen-bond acceptors (Lipinski definition) is 7. The van der Waals surface area contributed by atoms with Crippen LogP contribution in [0.2, 0.25) is 0 Å². The molecule has 0 saturated heterocycles. The number of fused-ring (bicyclic) bond motifs is 4. The van der Waals surface area contributed by atoms with Crippen molar-refractivity contribution in [2.75, 3.05) is 14.2 Å². The van der Waals surface area contributed by atoms with Crippen LogP contribution in [0, 0.1) is 30.5 Å². The molecule has 0 radical (unpaired) electrons. The van der Waals surface area contributed by atoms with Crippen molar-refractivity contribution in [3.05, 3.63) is 94.0 Å². The molecule has 1 aromatic heterocycles. The second-order valence-corrected chi connectivity index (χ2v) is 12.9. The van der Waals surface area contributed by atoms with Gasteiger partial charge in [0.1, 0.15) is 12.4 Å². The van der Waals surface area contributed by atoms with Crippen molar-refractivity contribution < 1.29 is 28.0 Å². The molecule has 1 saturated carbocycles. The summed E-state index contributed by atoms with van der Waals surface area (Å²) in [5.74, 6) is -2.15. The quantitative estimate of drug-likeness (QED) is 0.249. The first-order valence-electron chi connectivity index (χ1n) is 15.8. The zero-order valence-corrected chi connectivity index (χ0v) is 26.9. The largest absolute Gasteiger partial charge is 0.470 e. The zero-order valence-electron chi connectivity index (χ0n) is 26.9. The fourth-order valence-corrected chi connectivity index (χ4v) is 7.83. The van der Waals surface area contributed by atoms with E-state index in [-0.39, 0.29) is 36.5 Å². The van der Waals surface area contributed by atoms with Gasteiger partial charge in [-0.2, -0.15) is 0 Å². The van der Waals surface area contributed by atoms with E-state index in [4.69, 9.17) is 14.0 Å². The van der Waals surface area contributed by atoms with Gasteiger partial charge in [-0.25, -0.2) is 4.39 Å². The minimum absolute atomic E-state index is 0.0683. The molecular weight excluding hydrogens is 571 g/mol. The van der Waals surface area contributed by atoms with E-state index in [1.165, 1.54) is 13.2 Å². The Kier molecular flexibility index (Phi) is 8.16. The lowest BCUT2D eigenvalue weighted by atomic mass is 9.53. The molecule has 0 spiro atoms. The first-order chi connectivity index (χ1) is 21.6. The van der Waals surface area contributed by atoms with Gasteiger partial charge in [0, 0.05) is 30.2 Å². The van der Waals surface area contributed by atoms with Crippen molar-refractivity contribution in [3.63, 3.8) is 0 Å². The predicted octanol–water partition coefficient (Wildman–Crippen LogP) is 7.18. The number of aromatic nitrogens is 1. The predicted molar refractivity (Wildman–Crippen MR) is 170 cm³/mol. The number of Topliss-reactive ketones (excluding diaryl/α,β-unsaturated/α-hetero) is 2. The van der Waals surface area contributed by atoms with E-state index in [9.17, 15) is 9.59 Å². The number of methoxy groups -OCH3 is 1. The number of hydrogen-bond donors (Lipinski definition) is 0. The molecule has 0 bridgehead atoms.